The number of nitrogens with zero attached hydrogens (tertiary/aromatic N) is 1. The van der Waals surface area contributed by atoms with Gasteiger partial charge in [0.25, 0.3) is 5.91 Å². The lowest BCUT2D eigenvalue weighted by Crippen LogP contribution is -2.29. The second kappa shape index (κ2) is 5.88. The Morgan fingerprint density at radius 2 is 2.05 bits per heavy atom. The van der Waals surface area contributed by atoms with Crippen LogP contribution in [0.5, 0.6) is 0 Å². The van der Waals surface area contributed by atoms with Crippen molar-refractivity contribution in [1.82, 2.24) is 10.2 Å². The smallest absolute Gasteiger partial charge is 0.253 e. The Kier molecular flexibility index (Phi) is 4.22. The van der Waals surface area contributed by atoms with Crippen LogP contribution in [0.1, 0.15) is 22.3 Å². The van der Waals surface area contributed by atoms with E-state index in [0.29, 0.717) is 31.6 Å². The van der Waals surface area contributed by atoms with Crippen molar-refractivity contribution in [1.29, 1.82) is 0 Å². The molecule has 1 saturated heterocycles. The summed E-state index contributed by atoms with van der Waals surface area (Å²) < 4.78 is 0. The molecule has 2 rings (SSSR count). The number of rotatable bonds is 3. The van der Waals surface area contributed by atoms with Crippen LogP contribution in [-0.2, 0) is 6.54 Å². The number of carbonyl (C=O) groups is 2. The molecule has 0 unspecified atom stereocenters. The summed E-state index contributed by atoms with van der Waals surface area (Å²) in [5, 5.41) is 12.1. The Balaban J connectivity index is 1.97. The van der Waals surface area contributed by atoms with Gasteiger partial charge in [0, 0.05) is 25.2 Å². The molecule has 1 aliphatic rings. The first kappa shape index (κ1) is 13.6. The first-order chi connectivity index (χ1) is 9.06. The number of hydrogen-bond donors (Lipinski definition) is 2. The third-order valence-electron chi connectivity index (χ3n) is 3.19. The molecule has 1 aromatic carbocycles. The zero-order chi connectivity index (χ0) is 13.8. The predicted molar refractivity (Wildman–Crippen MR) is 73.7 cm³/mol. The highest BCUT2D eigenvalue weighted by molar-refractivity contribution is 6.57. The molecule has 0 aromatic heterocycles. The number of aliphatic hydroxyl groups is 1. The van der Waals surface area contributed by atoms with Gasteiger partial charge >= 0.3 is 0 Å². The molecular weight excluding hydrogens is 243 g/mol. The van der Waals surface area contributed by atoms with E-state index < -0.39 is 6.10 Å². The highest BCUT2D eigenvalue weighted by Gasteiger charge is 2.25. The van der Waals surface area contributed by atoms with Crippen molar-refractivity contribution in [2.45, 2.75) is 19.1 Å². The van der Waals surface area contributed by atoms with Crippen LogP contribution in [0.2, 0.25) is 0 Å². The lowest BCUT2D eigenvalue weighted by atomic mass is 10.1. The van der Waals surface area contributed by atoms with Crippen LogP contribution in [-0.4, -0.2) is 48.8 Å². The van der Waals surface area contributed by atoms with Gasteiger partial charge in [0.1, 0.15) is 0 Å². The Labute approximate surface area is 113 Å². The number of hydrogen-bond acceptors (Lipinski definition) is 3. The van der Waals surface area contributed by atoms with Crippen LogP contribution in [0, 0.1) is 0 Å². The van der Waals surface area contributed by atoms with E-state index >= 15 is 0 Å². The Morgan fingerprint density at radius 1 is 1.37 bits per heavy atom. The molecule has 19 heavy (non-hydrogen) atoms. The van der Waals surface area contributed by atoms with E-state index in [-0.39, 0.29) is 11.7 Å². The molecule has 0 radical (unpaired) electrons. The maximum Gasteiger partial charge on any atom is 0.253 e. The summed E-state index contributed by atoms with van der Waals surface area (Å²) in [4.78, 5) is 24.6. The van der Waals surface area contributed by atoms with E-state index in [1.54, 1.807) is 17.0 Å². The van der Waals surface area contributed by atoms with E-state index in [9.17, 15) is 14.7 Å². The van der Waals surface area contributed by atoms with Gasteiger partial charge in [-0.3, -0.25) is 9.59 Å². The van der Waals surface area contributed by atoms with Crippen molar-refractivity contribution < 1.29 is 14.7 Å². The molecule has 100 valence electrons. The summed E-state index contributed by atoms with van der Waals surface area (Å²) in [7, 11) is 1.47. The first-order valence-electron chi connectivity index (χ1n) is 6.37. The van der Waals surface area contributed by atoms with E-state index in [2.05, 4.69) is 5.32 Å². The number of amides is 2. The highest BCUT2D eigenvalue weighted by atomic mass is 16.3. The summed E-state index contributed by atoms with van der Waals surface area (Å²) in [6.45, 7) is 1.48. The van der Waals surface area contributed by atoms with Crippen molar-refractivity contribution in [3.05, 3.63) is 35.4 Å². The van der Waals surface area contributed by atoms with Gasteiger partial charge in [-0.2, -0.15) is 0 Å². The highest BCUT2D eigenvalue weighted by Crippen LogP contribution is 2.14. The molecule has 1 heterocycles. The number of likely N-dealkylation sites (tertiary alicyclic amines) is 1. The molecule has 6 heteroatoms. The largest absolute Gasteiger partial charge is 0.391 e. The van der Waals surface area contributed by atoms with Crippen LogP contribution in [0.3, 0.4) is 0 Å². The summed E-state index contributed by atoms with van der Waals surface area (Å²) >= 11 is 0. The minimum Gasteiger partial charge on any atom is -0.391 e. The van der Waals surface area contributed by atoms with Gasteiger partial charge in [-0.15, -0.1) is 0 Å². The van der Waals surface area contributed by atoms with Crippen LogP contribution in [0.4, 0.5) is 4.79 Å². The number of nitrogens with one attached hydrogen (secondary N) is 1. The van der Waals surface area contributed by atoms with Gasteiger partial charge in [0.05, 0.1) is 6.10 Å². The predicted octanol–water partition coefficient (Wildman–Crippen LogP) is -0.264. The topological polar surface area (TPSA) is 69.6 Å². The van der Waals surface area contributed by atoms with Crippen LogP contribution in [0.15, 0.2) is 24.3 Å². The lowest BCUT2D eigenvalue weighted by molar-refractivity contribution is 0.0765. The summed E-state index contributed by atoms with van der Waals surface area (Å²) in [5.74, 6) is -0.131. The zero-order valence-corrected chi connectivity index (χ0v) is 10.9. The van der Waals surface area contributed by atoms with Crippen molar-refractivity contribution in [3.8, 4) is 0 Å². The fourth-order valence-corrected chi connectivity index (χ4v) is 2.10. The molecule has 1 atom stereocenters. The lowest BCUT2D eigenvalue weighted by Gasteiger charge is -2.15. The van der Waals surface area contributed by atoms with Crippen molar-refractivity contribution in [3.63, 3.8) is 0 Å². The number of benzene rings is 1. The molecule has 1 aromatic rings. The maximum atomic E-state index is 12.1. The van der Waals surface area contributed by atoms with Gasteiger partial charge in [0.15, 0.2) is 5.81 Å². The fraction of sp³-hybridized carbons (Fsp3) is 0.385. The van der Waals surface area contributed by atoms with Crippen molar-refractivity contribution in [2.75, 3.05) is 13.1 Å². The second-order valence-electron chi connectivity index (χ2n) is 4.80. The number of aliphatic hydroxyl groups excluding tert-OH is 1. The van der Waals surface area contributed by atoms with E-state index in [1.807, 2.05) is 12.1 Å². The van der Waals surface area contributed by atoms with Gasteiger partial charge < -0.3 is 15.3 Å². The molecule has 2 amide bonds. The Hall–Kier alpha value is -1.82. The molecule has 1 aliphatic heterocycles. The van der Waals surface area contributed by atoms with Crippen molar-refractivity contribution in [2.24, 2.45) is 0 Å². The first-order valence-corrected chi connectivity index (χ1v) is 6.37. The molecule has 0 spiro atoms. The molecule has 5 nitrogen and oxygen atoms in total. The monoisotopic (exact) mass is 260 g/mol. The van der Waals surface area contributed by atoms with E-state index in [4.69, 9.17) is 0 Å². The zero-order valence-electron chi connectivity index (χ0n) is 10.9. The molecule has 0 bridgehead atoms. The average Bonchev–Trinajstić information content (AvgIpc) is 2.83. The van der Waals surface area contributed by atoms with Gasteiger partial charge in [-0.1, -0.05) is 12.1 Å². The SMILES string of the molecule is BC(=O)NCc1ccc(C(=O)N2CC[C@@H](O)C2)cc1. The average molecular weight is 260 g/mol. The Morgan fingerprint density at radius 3 is 2.58 bits per heavy atom. The van der Waals surface area contributed by atoms with Crippen LogP contribution >= 0.6 is 0 Å². The molecule has 1 fully saturated rings. The summed E-state index contributed by atoms with van der Waals surface area (Å²) in [5.41, 5.74) is 1.56. The van der Waals surface area contributed by atoms with E-state index in [1.165, 1.54) is 7.85 Å². The quantitative estimate of drug-likeness (QED) is 0.735. The minimum absolute atomic E-state index is 0.0531. The summed E-state index contributed by atoms with van der Waals surface area (Å²) in [6, 6.07) is 7.17. The third kappa shape index (κ3) is 3.57. The molecular formula is C13H17BN2O3. The normalized spacial score (nSPS) is 18.4. The standard InChI is InChI=1S/C13H17BN2O3/c14-13(19)15-7-9-1-3-10(4-2-9)12(18)16-6-5-11(17)8-16/h1-4,11,17H,5-8,14H2,(H,15,19)/t11-/m1/s1. The summed E-state index contributed by atoms with van der Waals surface area (Å²) in [6.07, 6.45) is 0.245. The van der Waals surface area contributed by atoms with Crippen molar-refractivity contribution >= 4 is 19.6 Å². The fourth-order valence-electron chi connectivity index (χ4n) is 2.10. The number of carbonyl (C=O) groups excluding carboxylic acids is 2. The molecule has 0 aliphatic carbocycles. The van der Waals surface area contributed by atoms with Gasteiger partial charge in [-0.25, -0.2) is 0 Å². The minimum atomic E-state index is -0.400. The van der Waals surface area contributed by atoms with Gasteiger partial charge in [0.2, 0.25) is 7.85 Å². The van der Waals surface area contributed by atoms with E-state index in [0.717, 1.165) is 5.56 Å². The van der Waals surface area contributed by atoms with Crippen LogP contribution in [0.25, 0.3) is 0 Å². The van der Waals surface area contributed by atoms with Crippen LogP contribution < -0.4 is 5.32 Å². The third-order valence-corrected chi connectivity index (χ3v) is 3.19. The van der Waals surface area contributed by atoms with Gasteiger partial charge in [-0.05, 0) is 24.1 Å². The molecule has 2 N–H and O–H groups in total. The maximum absolute atomic E-state index is 12.1. The molecule has 0 saturated carbocycles. The number of β-amino-alcohol motifs (C(OH)–C–C–N with tert-alkyl or cyclic N) is 1. The Bertz CT molecular complexity index is 475. The second-order valence-corrected chi connectivity index (χ2v) is 4.80.